The van der Waals surface area contributed by atoms with Gasteiger partial charge in [0.05, 0.1) is 5.84 Å². The number of nitrogens with one attached hydrogen (secondary N) is 1. The van der Waals surface area contributed by atoms with Gasteiger partial charge in [-0.05, 0) is 13.3 Å². The van der Waals surface area contributed by atoms with Crippen molar-refractivity contribution in [2.45, 2.75) is 13.3 Å². The molecule has 2 nitrogen and oxygen atoms in total. The molecule has 0 aromatic heterocycles. The first-order chi connectivity index (χ1) is 3.39. The van der Waals surface area contributed by atoms with Crippen LogP contribution < -0.4 is 5.32 Å². The second kappa shape index (κ2) is 4.12. The van der Waals surface area contributed by atoms with E-state index in [-0.39, 0.29) is 24.0 Å². The molecule has 1 aliphatic heterocycles. The molecule has 0 aliphatic carbocycles. The van der Waals surface area contributed by atoms with E-state index in [1.54, 1.807) is 0 Å². The average Bonchev–Trinajstić information content (AvgIpc) is 1.69. The van der Waals surface area contributed by atoms with Crippen LogP contribution in [0, 0.1) is 0 Å². The quantitative estimate of drug-likeness (QED) is 0.612. The van der Waals surface area contributed by atoms with Crippen LogP contribution in [0.3, 0.4) is 0 Å². The second-order valence-corrected chi connectivity index (χ2v) is 1.75. The maximum Gasteiger partial charge on any atom is 0.0931 e. The Morgan fingerprint density at radius 1 is 1.62 bits per heavy atom. The Hall–Kier alpha value is 0.200. The highest BCUT2D eigenvalue weighted by molar-refractivity contribution is 14.0. The number of aliphatic imine (C=N–C) groups is 1. The summed E-state index contributed by atoms with van der Waals surface area (Å²) in [6.45, 7) is 4.12. The van der Waals surface area contributed by atoms with Gasteiger partial charge in [0.15, 0.2) is 0 Å². The molecule has 48 valence electrons. The Kier molecular flexibility index (Phi) is 4.22. The van der Waals surface area contributed by atoms with Gasteiger partial charge in [-0.3, -0.25) is 4.99 Å². The molecule has 0 aromatic rings. The zero-order chi connectivity index (χ0) is 5.11. The highest BCUT2D eigenvalue weighted by Crippen LogP contribution is 1.86. The zero-order valence-corrected chi connectivity index (χ0v) is 7.31. The Morgan fingerprint density at radius 2 is 2.38 bits per heavy atom. The third-order valence-corrected chi connectivity index (χ3v) is 1.06. The normalized spacial score (nSPS) is 17.9. The smallest absolute Gasteiger partial charge is 0.0931 e. The number of hydrogen-bond donors (Lipinski definition) is 1. The molecular formula is C5H11IN2. The lowest BCUT2D eigenvalue weighted by atomic mass is 10.4. The first-order valence-electron chi connectivity index (χ1n) is 2.64. The summed E-state index contributed by atoms with van der Waals surface area (Å²) in [7, 11) is 0. The van der Waals surface area contributed by atoms with Gasteiger partial charge in [-0.15, -0.1) is 24.0 Å². The summed E-state index contributed by atoms with van der Waals surface area (Å²) in [5.41, 5.74) is 0. The predicted molar refractivity (Wildman–Crippen MR) is 46.0 cm³/mol. The Balaban J connectivity index is 0.000000490. The van der Waals surface area contributed by atoms with Gasteiger partial charge in [-0.2, -0.15) is 0 Å². The van der Waals surface area contributed by atoms with Gasteiger partial charge in [0.25, 0.3) is 0 Å². The molecular weight excluding hydrogens is 215 g/mol. The van der Waals surface area contributed by atoms with E-state index in [9.17, 15) is 0 Å². The molecule has 0 saturated carbocycles. The molecule has 0 amide bonds. The predicted octanol–water partition coefficient (Wildman–Crippen LogP) is 1.02. The molecule has 0 spiro atoms. The van der Waals surface area contributed by atoms with Crippen LogP contribution in [0.25, 0.3) is 0 Å². The van der Waals surface area contributed by atoms with Crippen molar-refractivity contribution in [1.29, 1.82) is 0 Å². The summed E-state index contributed by atoms with van der Waals surface area (Å²) in [5, 5.41) is 3.13. The number of nitrogens with zero attached hydrogens (tertiary/aromatic N) is 1. The van der Waals surface area contributed by atoms with Crippen molar-refractivity contribution in [2.75, 3.05) is 13.1 Å². The average molecular weight is 226 g/mol. The van der Waals surface area contributed by atoms with E-state index in [0.717, 1.165) is 18.9 Å². The second-order valence-electron chi connectivity index (χ2n) is 1.75. The molecule has 1 rings (SSSR count). The van der Waals surface area contributed by atoms with E-state index in [2.05, 4.69) is 10.3 Å². The van der Waals surface area contributed by atoms with Gasteiger partial charge in [-0.1, -0.05) is 0 Å². The number of rotatable bonds is 0. The fourth-order valence-electron chi connectivity index (χ4n) is 0.651. The minimum atomic E-state index is 0. The van der Waals surface area contributed by atoms with E-state index >= 15 is 0 Å². The first-order valence-corrected chi connectivity index (χ1v) is 2.64. The lowest BCUT2D eigenvalue weighted by Crippen LogP contribution is -2.26. The molecule has 0 unspecified atom stereocenters. The molecule has 1 heterocycles. The zero-order valence-electron chi connectivity index (χ0n) is 4.98. The van der Waals surface area contributed by atoms with Gasteiger partial charge >= 0.3 is 0 Å². The summed E-state index contributed by atoms with van der Waals surface area (Å²) in [4.78, 5) is 4.14. The van der Waals surface area contributed by atoms with Crippen LogP contribution in [0.2, 0.25) is 0 Å². The van der Waals surface area contributed by atoms with Crippen molar-refractivity contribution in [2.24, 2.45) is 4.99 Å². The van der Waals surface area contributed by atoms with Crippen LogP contribution in [-0.2, 0) is 0 Å². The van der Waals surface area contributed by atoms with E-state index in [0.29, 0.717) is 0 Å². The summed E-state index contributed by atoms with van der Waals surface area (Å²) < 4.78 is 0. The van der Waals surface area contributed by atoms with Crippen LogP contribution in [0.15, 0.2) is 4.99 Å². The molecule has 3 heteroatoms. The molecule has 8 heavy (non-hydrogen) atoms. The van der Waals surface area contributed by atoms with Crippen LogP contribution in [0.5, 0.6) is 0 Å². The first kappa shape index (κ1) is 8.20. The van der Waals surface area contributed by atoms with Crippen molar-refractivity contribution in [3.8, 4) is 0 Å². The Labute approximate surface area is 66.8 Å². The lowest BCUT2D eigenvalue weighted by molar-refractivity contribution is 0.739. The van der Waals surface area contributed by atoms with Crippen LogP contribution >= 0.6 is 24.0 Å². The van der Waals surface area contributed by atoms with Crippen molar-refractivity contribution in [3.05, 3.63) is 0 Å². The molecule has 0 aromatic carbocycles. The standard InChI is InChI=1S/C5H10N2.HI/c1-5-6-3-2-4-7-5;/h2-4H2,1H3,(H,6,7);1H. The highest BCUT2D eigenvalue weighted by atomic mass is 127. The maximum absolute atomic E-state index is 4.14. The molecule has 0 bridgehead atoms. The van der Waals surface area contributed by atoms with Crippen molar-refractivity contribution >= 4 is 29.8 Å². The highest BCUT2D eigenvalue weighted by Gasteiger charge is 1.94. The fourth-order valence-corrected chi connectivity index (χ4v) is 0.651. The molecule has 1 N–H and O–H groups in total. The summed E-state index contributed by atoms with van der Waals surface area (Å²) in [5.74, 6) is 1.09. The van der Waals surface area contributed by atoms with Gasteiger partial charge in [0.1, 0.15) is 0 Å². The SMILES string of the molecule is CC1=NCCCN1.I. The van der Waals surface area contributed by atoms with Gasteiger partial charge in [-0.25, -0.2) is 0 Å². The molecule has 0 fully saturated rings. The molecule has 0 radical (unpaired) electrons. The van der Waals surface area contributed by atoms with E-state index in [1.165, 1.54) is 6.42 Å². The van der Waals surface area contributed by atoms with Crippen LogP contribution in [0.1, 0.15) is 13.3 Å². The maximum atomic E-state index is 4.14. The van der Waals surface area contributed by atoms with Crippen LogP contribution in [-0.4, -0.2) is 18.9 Å². The number of amidine groups is 1. The van der Waals surface area contributed by atoms with Crippen molar-refractivity contribution < 1.29 is 0 Å². The number of halogens is 1. The topological polar surface area (TPSA) is 24.4 Å². The van der Waals surface area contributed by atoms with Crippen LogP contribution in [0.4, 0.5) is 0 Å². The summed E-state index contributed by atoms with van der Waals surface area (Å²) >= 11 is 0. The summed E-state index contributed by atoms with van der Waals surface area (Å²) in [6.07, 6.45) is 1.19. The van der Waals surface area contributed by atoms with E-state index < -0.39 is 0 Å². The minimum absolute atomic E-state index is 0. The largest absolute Gasteiger partial charge is 0.374 e. The Morgan fingerprint density at radius 3 is 2.62 bits per heavy atom. The molecule has 0 saturated heterocycles. The fraction of sp³-hybridized carbons (Fsp3) is 0.800. The van der Waals surface area contributed by atoms with Crippen molar-refractivity contribution in [3.63, 3.8) is 0 Å². The number of hydrogen-bond acceptors (Lipinski definition) is 2. The van der Waals surface area contributed by atoms with Gasteiger partial charge in [0.2, 0.25) is 0 Å². The van der Waals surface area contributed by atoms with E-state index in [4.69, 9.17) is 0 Å². The molecule has 1 aliphatic rings. The Bertz CT molecular complexity index is 90.4. The van der Waals surface area contributed by atoms with Gasteiger partial charge < -0.3 is 5.32 Å². The lowest BCUT2D eigenvalue weighted by Gasteiger charge is -2.08. The van der Waals surface area contributed by atoms with E-state index in [1.807, 2.05) is 6.92 Å². The monoisotopic (exact) mass is 226 g/mol. The molecule has 0 atom stereocenters. The van der Waals surface area contributed by atoms with Gasteiger partial charge in [0, 0.05) is 13.1 Å². The summed E-state index contributed by atoms with van der Waals surface area (Å²) in [6, 6.07) is 0. The third kappa shape index (κ3) is 2.49. The minimum Gasteiger partial charge on any atom is -0.374 e. The van der Waals surface area contributed by atoms with Crippen molar-refractivity contribution in [1.82, 2.24) is 5.32 Å². The third-order valence-electron chi connectivity index (χ3n) is 1.06.